The van der Waals surface area contributed by atoms with Gasteiger partial charge in [-0.15, -0.1) is 0 Å². The second-order valence-corrected chi connectivity index (χ2v) is 4.32. The third-order valence-electron chi connectivity index (χ3n) is 2.59. The van der Waals surface area contributed by atoms with Crippen LogP contribution in [0.2, 0.25) is 0 Å². The van der Waals surface area contributed by atoms with Crippen LogP contribution in [0.25, 0.3) is 22.3 Å². The molecule has 0 aromatic carbocycles. The van der Waals surface area contributed by atoms with E-state index in [2.05, 4.69) is 39.9 Å². The zero-order valence-electron chi connectivity index (χ0n) is 10.5. The Bertz CT molecular complexity index is 875. The Morgan fingerprint density at radius 1 is 1.05 bits per heavy atom. The van der Waals surface area contributed by atoms with Gasteiger partial charge in [0.05, 0.1) is 18.9 Å². The highest BCUT2D eigenvalue weighted by atomic mass is 32.1. The SMILES string of the molecule is Cc1[nH]c(=S)nc2nc[nH]c12.c1ncc2[nH]cnc2n1. The zero-order chi connectivity index (χ0) is 13.9. The summed E-state index contributed by atoms with van der Waals surface area (Å²) >= 11 is 4.87. The lowest BCUT2D eigenvalue weighted by atomic mass is 10.4. The summed E-state index contributed by atoms with van der Waals surface area (Å²) in [7, 11) is 0. The number of aromatic nitrogens is 8. The molecule has 4 aromatic heterocycles. The summed E-state index contributed by atoms with van der Waals surface area (Å²) in [6.07, 6.45) is 6.37. The lowest BCUT2D eigenvalue weighted by molar-refractivity contribution is 1.11. The van der Waals surface area contributed by atoms with Crippen molar-refractivity contribution < 1.29 is 0 Å². The maximum absolute atomic E-state index is 4.87. The van der Waals surface area contributed by atoms with Crippen LogP contribution >= 0.6 is 12.2 Å². The van der Waals surface area contributed by atoms with Crippen molar-refractivity contribution in [2.45, 2.75) is 6.92 Å². The molecule has 0 aliphatic rings. The average Bonchev–Trinajstić information content (AvgIpc) is 3.06. The van der Waals surface area contributed by atoms with E-state index in [9.17, 15) is 0 Å². The zero-order valence-corrected chi connectivity index (χ0v) is 11.3. The van der Waals surface area contributed by atoms with E-state index in [0.29, 0.717) is 16.1 Å². The summed E-state index contributed by atoms with van der Waals surface area (Å²) in [5.41, 5.74) is 4.14. The van der Waals surface area contributed by atoms with E-state index in [1.165, 1.54) is 6.33 Å². The fourth-order valence-corrected chi connectivity index (χ4v) is 1.93. The number of aryl methyl sites for hydroxylation is 1. The Kier molecular flexibility index (Phi) is 3.17. The van der Waals surface area contributed by atoms with Crippen molar-refractivity contribution in [3.8, 4) is 0 Å². The molecule has 0 atom stereocenters. The first-order chi connectivity index (χ1) is 9.74. The first-order valence-corrected chi connectivity index (χ1v) is 6.14. The quantitative estimate of drug-likeness (QED) is 0.424. The summed E-state index contributed by atoms with van der Waals surface area (Å²) in [5, 5.41) is 0. The van der Waals surface area contributed by atoms with E-state index in [0.717, 1.165) is 16.7 Å². The smallest absolute Gasteiger partial charge is 0.199 e. The Hall–Kier alpha value is -2.68. The molecule has 3 N–H and O–H groups in total. The standard InChI is InChI=1S/C6H6N4S.C5H4N4/c1-3-4-5(8-2-7-4)10-6(11)9-3;1-4-5(8-2-6-1)9-3-7-4/h2H,1H3,(H2,7,8,9,10,11);1-3H,(H,6,7,8,9). The summed E-state index contributed by atoms with van der Waals surface area (Å²) in [5.74, 6) is 0. The first kappa shape index (κ1) is 12.4. The van der Waals surface area contributed by atoms with Gasteiger partial charge in [0, 0.05) is 5.69 Å². The van der Waals surface area contributed by atoms with E-state index < -0.39 is 0 Å². The highest BCUT2D eigenvalue weighted by Gasteiger charge is 1.99. The van der Waals surface area contributed by atoms with Gasteiger partial charge in [0.15, 0.2) is 16.1 Å². The average molecular weight is 286 g/mol. The molecule has 0 spiro atoms. The van der Waals surface area contributed by atoms with Gasteiger partial charge >= 0.3 is 0 Å². The van der Waals surface area contributed by atoms with Crippen LogP contribution in [-0.2, 0) is 0 Å². The summed E-state index contributed by atoms with van der Waals surface area (Å²) in [6, 6.07) is 0. The second-order valence-electron chi connectivity index (χ2n) is 3.93. The Morgan fingerprint density at radius 3 is 2.70 bits per heavy atom. The van der Waals surface area contributed by atoms with Crippen LogP contribution in [0.5, 0.6) is 0 Å². The van der Waals surface area contributed by atoms with Crippen molar-refractivity contribution in [1.82, 2.24) is 39.9 Å². The number of nitrogens with zero attached hydrogens (tertiary/aromatic N) is 5. The topological polar surface area (TPSA) is 112 Å². The number of hydrogen-bond donors (Lipinski definition) is 3. The van der Waals surface area contributed by atoms with Gasteiger partial charge in [-0.1, -0.05) is 0 Å². The number of nitrogens with one attached hydrogen (secondary N) is 3. The molecule has 20 heavy (non-hydrogen) atoms. The van der Waals surface area contributed by atoms with Crippen LogP contribution < -0.4 is 0 Å². The third kappa shape index (κ3) is 2.38. The van der Waals surface area contributed by atoms with Crippen molar-refractivity contribution in [2.75, 3.05) is 0 Å². The van der Waals surface area contributed by atoms with Crippen molar-refractivity contribution in [1.29, 1.82) is 0 Å². The van der Waals surface area contributed by atoms with Gasteiger partial charge in [-0.25, -0.2) is 19.9 Å². The van der Waals surface area contributed by atoms with Crippen molar-refractivity contribution in [3.63, 3.8) is 0 Å². The molecule has 100 valence electrons. The summed E-state index contributed by atoms with van der Waals surface area (Å²) < 4.78 is 0.474. The highest BCUT2D eigenvalue weighted by Crippen LogP contribution is 2.07. The summed E-state index contributed by atoms with van der Waals surface area (Å²) in [6.45, 7) is 1.93. The predicted molar refractivity (Wildman–Crippen MR) is 75.5 cm³/mol. The van der Waals surface area contributed by atoms with Gasteiger partial charge in [0.25, 0.3) is 0 Å². The number of hydrogen-bond acceptors (Lipinski definition) is 6. The maximum atomic E-state index is 4.87. The molecule has 0 amide bonds. The van der Waals surface area contributed by atoms with E-state index in [4.69, 9.17) is 12.2 Å². The maximum Gasteiger partial charge on any atom is 0.199 e. The van der Waals surface area contributed by atoms with Gasteiger partial charge in [0.1, 0.15) is 17.4 Å². The number of rotatable bonds is 0. The third-order valence-corrected chi connectivity index (χ3v) is 2.79. The fourth-order valence-electron chi connectivity index (χ4n) is 1.69. The number of imidazole rings is 2. The lowest BCUT2D eigenvalue weighted by Gasteiger charge is -1.92. The molecule has 0 unspecified atom stereocenters. The molecule has 0 bridgehead atoms. The van der Waals surface area contributed by atoms with E-state index in [1.54, 1.807) is 18.9 Å². The molecule has 0 saturated heterocycles. The van der Waals surface area contributed by atoms with Gasteiger partial charge in [0.2, 0.25) is 0 Å². The molecular weight excluding hydrogens is 276 g/mol. The van der Waals surface area contributed by atoms with Crippen molar-refractivity contribution >= 4 is 34.5 Å². The van der Waals surface area contributed by atoms with Crippen LogP contribution in [-0.4, -0.2) is 39.9 Å². The van der Waals surface area contributed by atoms with Crippen molar-refractivity contribution in [3.05, 3.63) is 35.6 Å². The number of aromatic amines is 3. The molecule has 0 aliphatic heterocycles. The van der Waals surface area contributed by atoms with Gasteiger partial charge < -0.3 is 15.0 Å². The van der Waals surface area contributed by atoms with Crippen LogP contribution in [0.4, 0.5) is 0 Å². The largest absolute Gasteiger partial charge is 0.342 e. The van der Waals surface area contributed by atoms with E-state index >= 15 is 0 Å². The minimum absolute atomic E-state index is 0.474. The minimum Gasteiger partial charge on any atom is -0.342 e. The van der Waals surface area contributed by atoms with Gasteiger partial charge in [-0.05, 0) is 19.1 Å². The van der Waals surface area contributed by atoms with Gasteiger partial charge in [-0.3, -0.25) is 0 Å². The molecule has 0 saturated carbocycles. The Balaban J connectivity index is 0.000000123. The van der Waals surface area contributed by atoms with Crippen LogP contribution in [0.3, 0.4) is 0 Å². The lowest BCUT2D eigenvalue weighted by Crippen LogP contribution is -1.87. The molecule has 0 radical (unpaired) electrons. The molecular formula is C11H10N8S. The fraction of sp³-hybridized carbons (Fsp3) is 0.0909. The van der Waals surface area contributed by atoms with Crippen LogP contribution in [0.15, 0.2) is 25.2 Å². The van der Waals surface area contributed by atoms with Crippen molar-refractivity contribution in [2.24, 2.45) is 0 Å². The molecule has 0 fully saturated rings. The minimum atomic E-state index is 0.474. The Morgan fingerprint density at radius 2 is 1.85 bits per heavy atom. The number of H-pyrrole nitrogens is 3. The monoisotopic (exact) mass is 286 g/mol. The Labute approximate surface area is 117 Å². The first-order valence-electron chi connectivity index (χ1n) is 5.73. The molecule has 9 heteroatoms. The van der Waals surface area contributed by atoms with E-state index in [-0.39, 0.29) is 0 Å². The molecule has 4 rings (SSSR count). The molecule has 4 aromatic rings. The number of fused-ring (bicyclic) bond motifs is 2. The van der Waals surface area contributed by atoms with E-state index in [1.807, 2.05) is 6.92 Å². The normalized spacial score (nSPS) is 10.4. The van der Waals surface area contributed by atoms with Crippen LogP contribution in [0.1, 0.15) is 5.69 Å². The summed E-state index contributed by atoms with van der Waals surface area (Å²) in [4.78, 5) is 28.4. The highest BCUT2D eigenvalue weighted by molar-refractivity contribution is 7.71. The van der Waals surface area contributed by atoms with Crippen LogP contribution in [0, 0.1) is 11.7 Å². The molecule has 4 heterocycles. The molecule has 0 aliphatic carbocycles. The second kappa shape index (κ2) is 5.13. The predicted octanol–water partition coefficient (Wildman–Crippen LogP) is 1.68. The van der Waals surface area contributed by atoms with Gasteiger partial charge in [-0.2, -0.15) is 4.98 Å². The molecule has 8 nitrogen and oxygen atoms in total.